The van der Waals surface area contributed by atoms with Crippen LogP contribution in [0.1, 0.15) is 49.8 Å². The Hall–Kier alpha value is -2.77. The Bertz CT molecular complexity index is 932. The van der Waals surface area contributed by atoms with Crippen molar-refractivity contribution in [1.82, 2.24) is 30.0 Å². The van der Waals surface area contributed by atoms with Gasteiger partial charge in [0, 0.05) is 32.7 Å². The van der Waals surface area contributed by atoms with E-state index in [1.54, 1.807) is 0 Å². The molecule has 31 heavy (non-hydrogen) atoms. The molecule has 0 unspecified atom stereocenters. The van der Waals surface area contributed by atoms with E-state index in [0.29, 0.717) is 6.61 Å². The molecule has 1 aromatic heterocycles. The van der Waals surface area contributed by atoms with Gasteiger partial charge in [-0.1, -0.05) is 42.5 Å². The third-order valence-corrected chi connectivity index (χ3v) is 5.78. The lowest BCUT2D eigenvalue weighted by Gasteiger charge is -2.39. The van der Waals surface area contributed by atoms with E-state index in [4.69, 9.17) is 4.74 Å². The number of piperazine rings is 1. The number of hydrogen-bond acceptors (Lipinski definition) is 6. The molecule has 1 saturated heterocycles. The molecule has 164 valence electrons. The standard InChI is InChI=1S/C24H32N6O/c1-4-31-22-12-10-21(11-13-22)23(24-25-26-27-30(24)19(2)3)29-16-14-28(15-17-29)18-20-8-6-5-7-9-20/h5-13,19,23H,4,14-18H2,1-3H3/t23-/m1/s1. The third kappa shape index (κ3) is 5.11. The molecule has 0 amide bonds. The highest BCUT2D eigenvalue weighted by molar-refractivity contribution is 5.32. The highest BCUT2D eigenvalue weighted by Crippen LogP contribution is 2.30. The quantitative estimate of drug-likeness (QED) is 0.555. The van der Waals surface area contributed by atoms with Gasteiger partial charge in [-0.15, -0.1) is 5.10 Å². The van der Waals surface area contributed by atoms with Crippen LogP contribution in [-0.2, 0) is 6.54 Å². The number of benzene rings is 2. The molecular formula is C24H32N6O. The maximum atomic E-state index is 5.64. The molecule has 1 atom stereocenters. The first-order valence-electron chi connectivity index (χ1n) is 11.2. The van der Waals surface area contributed by atoms with Gasteiger partial charge in [-0.05, 0) is 54.5 Å². The monoisotopic (exact) mass is 420 g/mol. The van der Waals surface area contributed by atoms with Crippen LogP contribution >= 0.6 is 0 Å². The molecule has 0 aliphatic carbocycles. The second kappa shape index (κ2) is 10.0. The molecule has 7 heteroatoms. The Morgan fingerprint density at radius 3 is 2.29 bits per heavy atom. The second-order valence-electron chi connectivity index (χ2n) is 8.28. The highest BCUT2D eigenvalue weighted by atomic mass is 16.5. The zero-order valence-corrected chi connectivity index (χ0v) is 18.7. The van der Waals surface area contributed by atoms with Gasteiger partial charge in [0.05, 0.1) is 18.7 Å². The Kier molecular flexibility index (Phi) is 6.94. The minimum Gasteiger partial charge on any atom is -0.494 e. The summed E-state index contributed by atoms with van der Waals surface area (Å²) in [5, 5.41) is 12.7. The van der Waals surface area contributed by atoms with Gasteiger partial charge in [-0.25, -0.2) is 4.68 Å². The smallest absolute Gasteiger partial charge is 0.173 e. The molecule has 0 bridgehead atoms. The highest BCUT2D eigenvalue weighted by Gasteiger charge is 2.31. The van der Waals surface area contributed by atoms with E-state index < -0.39 is 0 Å². The van der Waals surface area contributed by atoms with E-state index in [1.807, 2.05) is 23.7 Å². The lowest BCUT2D eigenvalue weighted by Crippen LogP contribution is -2.48. The summed E-state index contributed by atoms with van der Waals surface area (Å²) in [7, 11) is 0. The van der Waals surface area contributed by atoms with Crippen LogP contribution in [0.3, 0.4) is 0 Å². The molecular weight excluding hydrogens is 388 g/mol. The minimum atomic E-state index is 0.0203. The summed E-state index contributed by atoms with van der Waals surface area (Å²) in [5.74, 6) is 1.79. The molecule has 0 radical (unpaired) electrons. The zero-order valence-electron chi connectivity index (χ0n) is 18.7. The van der Waals surface area contributed by atoms with Crippen LogP contribution in [0.4, 0.5) is 0 Å². The normalized spacial score (nSPS) is 16.5. The van der Waals surface area contributed by atoms with E-state index in [2.05, 4.69) is 81.6 Å². The number of tetrazole rings is 1. The molecule has 3 aromatic rings. The topological polar surface area (TPSA) is 59.3 Å². The maximum absolute atomic E-state index is 5.64. The lowest BCUT2D eigenvalue weighted by atomic mass is 10.0. The van der Waals surface area contributed by atoms with E-state index >= 15 is 0 Å². The maximum Gasteiger partial charge on any atom is 0.173 e. The number of aromatic nitrogens is 4. The predicted molar refractivity (Wildman–Crippen MR) is 121 cm³/mol. The molecule has 7 nitrogen and oxygen atoms in total. The third-order valence-electron chi connectivity index (χ3n) is 5.78. The molecule has 1 aliphatic rings. The molecule has 0 N–H and O–H groups in total. The van der Waals surface area contributed by atoms with Crippen molar-refractivity contribution in [3.05, 3.63) is 71.5 Å². The SMILES string of the molecule is CCOc1ccc([C@H](c2nnnn2C(C)C)N2CCN(Cc3ccccc3)CC2)cc1. The Morgan fingerprint density at radius 1 is 0.935 bits per heavy atom. The van der Waals surface area contributed by atoms with Crippen molar-refractivity contribution in [2.75, 3.05) is 32.8 Å². The van der Waals surface area contributed by atoms with E-state index in [0.717, 1.165) is 44.3 Å². The van der Waals surface area contributed by atoms with Crippen molar-refractivity contribution in [3.63, 3.8) is 0 Å². The number of rotatable bonds is 8. The summed E-state index contributed by atoms with van der Waals surface area (Å²) in [4.78, 5) is 5.02. The second-order valence-corrected chi connectivity index (χ2v) is 8.28. The van der Waals surface area contributed by atoms with Gasteiger partial charge >= 0.3 is 0 Å². The van der Waals surface area contributed by atoms with Crippen LogP contribution in [0.2, 0.25) is 0 Å². The first kappa shape index (κ1) is 21.5. The van der Waals surface area contributed by atoms with Gasteiger partial charge in [0.15, 0.2) is 5.82 Å². The van der Waals surface area contributed by atoms with Gasteiger partial charge < -0.3 is 4.74 Å². The Labute approximate surface area is 184 Å². The van der Waals surface area contributed by atoms with E-state index in [9.17, 15) is 0 Å². The van der Waals surface area contributed by atoms with Crippen LogP contribution in [-0.4, -0.2) is 62.8 Å². The van der Waals surface area contributed by atoms with E-state index in [-0.39, 0.29) is 12.1 Å². The molecule has 4 rings (SSSR count). The lowest BCUT2D eigenvalue weighted by molar-refractivity contribution is 0.0996. The number of ether oxygens (including phenoxy) is 1. The fourth-order valence-corrected chi connectivity index (χ4v) is 4.21. The molecule has 1 aliphatic heterocycles. The molecule has 2 heterocycles. The van der Waals surface area contributed by atoms with Gasteiger partial charge in [0.1, 0.15) is 5.75 Å². The van der Waals surface area contributed by atoms with Crippen molar-refractivity contribution in [2.24, 2.45) is 0 Å². The summed E-state index contributed by atoms with van der Waals surface area (Å²) in [5.41, 5.74) is 2.56. The van der Waals surface area contributed by atoms with Crippen molar-refractivity contribution >= 4 is 0 Å². The summed E-state index contributed by atoms with van der Waals surface area (Å²) in [6.07, 6.45) is 0. The molecule has 2 aromatic carbocycles. The average Bonchev–Trinajstić information content (AvgIpc) is 3.27. The summed E-state index contributed by atoms with van der Waals surface area (Å²) < 4.78 is 7.59. The largest absolute Gasteiger partial charge is 0.494 e. The zero-order chi connectivity index (χ0) is 21.6. The van der Waals surface area contributed by atoms with Crippen LogP contribution in [0, 0.1) is 0 Å². The first-order valence-corrected chi connectivity index (χ1v) is 11.2. The molecule has 0 saturated carbocycles. The Morgan fingerprint density at radius 2 is 1.65 bits per heavy atom. The first-order chi connectivity index (χ1) is 15.2. The van der Waals surface area contributed by atoms with Gasteiger partial charge in [0.2, 0.25) is 0 Å². The van der Waals surface area contributed by atoms with Gasteiger partial charge in [-0.3, -0.25) is 9.80 Å². The van der Waals surface area contributed by atoms with Gasteiger partial charge in [-0.2, -0.15) is 0 Å². The van der Waals surface area contributed by atoms with Crippen molar-refractivity contribution in [1.29, 1.82) is 0 Å². The fourth-order valence-electron chi connectivity index (χ4n) is 4.21. The van der Waals surface area contributed by atoms with Gasteiger partial charge in [0.25, 0.3) is 0 Å². The average molecular weight is 421 g/mol. The number of nitrogens with zero attached hydrogens (tertiary/aromatic N) is 6. The van der Waals surface area contributed by atoms with Crippen molar-refractivity contribution in [3.8, 4) is 5.75 Å². The van der Waals surface area contributed by atoms with Crippen LogP contribution in [0.15, 0.2) is 54.6 Å². The predicted octanol–water partition coefficient (Wildman–Crippen LogP) is 3.56. The van der Waals surface area contributed by atoms with Crippen LogP contribution in [0.5, 0.6) is 5.75 Å². The summed E-state index contributed by atoms with van der Waals surface area (Å²) >= 11 is 0. The summed E-state index contributed by atoms with van der Waals surface area (Å²) in [6, 6.07) is 19.3. The number of hydrogen-bond donors (Lipinski definition) is 0. The van der Waals surface area contributed by atoms with Crippen molar-refractivity contribution < 1.29 is 4.74 Å². The minimum absolute atomic E-state index is 0.0203. The van der Waals surface area contributed by atoms with Crippen LogP contribution < -0.4 is 4.74 Å². The Balaban J connectivity index is 1.54. The van der Waals surface area contributed by atoms with Crippen LogP contribution in [0.25, 0.3) is 0 Å². The molecule has 0 spiro atoms. The molecule has 1 fully saturated rings. The summed E-state index contributed by atoms with van der Waals surface area (Å²) in [6.45, 7) is 11.9. The van der Waals surface area contributed by atoms with Crippen molar-refractivity contribution in [2.45, 2.75) is 39.4 Å². The fraction of sp³-hybridized carbons (Fsp3) is 0.458. The van der Waals surface area contributed by atoms with E-state index in [1.165, 1.54) is 11.1 Å².